The topological polar surface area (TPSA) is 101 Å². The number of aromatic nitrogens is 2. The largest absolute Gasteiger partial charge is 0.495 e. The lowest BCUT2D eigenvalue weighted by molar-refractivity contribution is -0.113. The number of aromatic amines is 1. The average Bonchev–Trinajstić information content (AvgIpc) is 2.52. The minimum absolute atomic E-state index is 0.0359. The first-order chi connectivity index (χ1) is 11.8. The number of hydrogen-bond acceptors (Lipinski definition) is 6. The molecule has 0 saturated carbocycles. The minimum Gasteiger partial charge on any atom is -0.495 e. The van der Waals surface area contributed by atoms with Crippen LogP contribution in [0.1, 0.15) is 23.0 Å². The third kappa shape index (κ3) is 4.83. The fraction of sp³-hybridized carbons (Fsp3) is 0.250. The fourth-order valence-corrected chi connectivity index (χ4v) is 3.28. The number of thioether (sulfide) groups is 1. The second-order valence-corrected chi connectivity index (χ2v) is 6.49. The first-order valence-corrected chi connectivity index (χ1v) is 8.56. The molecule has 0 radical (unpaired) electrons. The average molecular weight is 382 g/mol. The second kappa shape index (κ2) is 8.17. The van der Waals surface area contributed by atoms with Gasteiger partial charge in [0.05, 0.1) is 24.1 Å². The van der Waals surface area contributed by atoms with E-state index in [-0.39, 0.29) is 22.5 Å². The van der Waals surface area contributed by atoms with E-state index in [2.05, 4.69) is 15.3 Å². The molecule has 0 bridgehead atoms. The zero-order valence-electron chi connectivity index (χ0n) is 13.8. The highest BCUT2D eigenvalue weighted by atomic mass is 35.5. The van der Waals surface area contributed by atoms with Crippen LogP contribution in [0.2, 0.25) is 5.02 Å². The van der Waals surface area contributed by atoms with Gasteiger partial charge in [-0.15, -0.1) is 0 Å². The Kier molecular flexibility index (Phi) is 6.22. The number of halogens is 1. The van der Waals surface area contributed by atoms with Crippen molar-refractivity contribution >= 4 is 40.7 Å². The SMILES string of the molecule is COc1ccc(Cl)cc1NC(=O)CSc1nc(=O)[nH]c(C)c1C(C)=O. The number of rotatable bonds is 6. The van der Waals surface area contributed by atoms with E-state index in [9.17, 15) is 14.4 Å². The van der Waals surface area contributed by atoms with E-state index < -0.39 is 5.69 Å². The summed E-state index contributed by atoms with van der Waals surface area (Å²) >= 11 is 6.93. The lowest BCUT2D eigenvalue weighted by Crippen LogP contribution is -2.19. The molecule has 2 rings (SSSR count). The number of methoxy groups -OCH3 is 1. The number of hydrogen-bond donors (Lipinski definition) is 2. The van der Waals surface area contributed by atoms with E-state index in [1.807, 2.05) is 0 Å². The number of ether oxygens (including phenoxy) is 1. The highest BCUT2D eigenvalue weighted by Crippen LogP contribution is 2.28. The Bertz CT molecular complexity index is 882. The van der Waals surface area contributed by atoms with Crippen molar-refractivity contribution in [3.05, 3.63) is 45.0 Å². The van der Waals surface area contributed by atoms with E-state index in [0.29, 0.717) is 27.7 Å². The van der Waals surface area contributed by atoms with Gasteiger partial charge in [-0.3, -0.25) is 9.59 Å². The van der Waals surface area contributed by atoms with Crippen molar-refractivity contribution in [3.63, 3.8) is 0 Å². The van der Waals surface area contributed by atoms with Gasteiger partial charge in [0.2, 0.25) is 5.91 Å². The van der Waals surface area contributed by atoms with Crippen LogP contribution in [0.3, 0.4) is 0 Å². The number of carbonyl (C=O) groups is 2. The molecule has 1 aromatic heterocycles. The minimum atomic E-state index is -0.568. The Balaban J connectivity index is 2.15. The molecular formula is C16H16ClN3O4S. The molecule has 1 aromatic carbocycles. The summed E-state index contributed by atoms with van der Waals surface area (Å²) in [6, 6.07) is 4.85. The number of nitrogens with zero attached hydrogens (tertiary/aromatic N) is 1. The fourth-order valence-electron chi connectivity index (χ4n) is 2.18. The van der Waals surface area contributed by atoms with Gasteiger partial charge in [-0.05, 0) is 32.0 Å². The van der Waals surface area contributed by atoms with Crippen LogP contribution >= 0.6 is 23.4 Å². The molecule has 0 aliphatic carbocycles. The summed E-state index contributed by atoms with van der Waals surface area (Å²) < 4.78 is 5.16. The molecule has 7 nitrogen and oxygen atoms in total. The number of nitrogens with one attached hydrogen (secondary N) is 2. The Labute approximate surface area is 153 Å². The Morgan fingerprint density at radius 3 is 2.76 bits per heavy atom. The molecule has 9 heteroatoms. The summed E-state index contributed by atoms with van der Waals surface area (Å²) in [6.07, 6.45) is 0. The number of Topliss-reactive ketones (excluding diaryl/α,β-unsaturated/α-hetero) is 1. The van der Waals surface area contributed by atoms with Crippen molar-refractivity contribution in [1.29, 1.82) is 0 Å². The molecule has 0 saturated heterocycles. The van der Waals surface area contributed by atoms with Crippen LogP contribution in [0.25, 0.3) is 0 Å². The zero-order valence-corrected chi connectivity index (χ0v) is 15.4. The molecule has 2 aromatic rings. The first-order valence-electron chi connectivity index (χ1n) is 7.20. The van der Waals surface area contributed by atoms with Gasteiger partial charge >= 0.3 is 5.69 Å². The third-order valence-corrected chi connectivity index (χ3v) is 4.42. The van der Waals surface area contributed by atoms with Crippen molar-refractivity contribution in [2.24, 2.45) is 0 Å². The molecule has 0 aliphatic heterocycles. The number of ketones is 1. The number of anilines is 1. The molecule has 0 aliphatic rings. The van der Waals surface area contributed by atoms with Crippen LogP contribution < -0.4 is 15.7 Å². The maximum atomic E-state index is 12.2. The van der Waals surface area contributed by atoms with Crippen LogP contribution in [-0.4, -0.2) is 34.5 Å². The number of aryl methyl sites for hydroxylation is 1. The number of H-pyrrole nitrogens is 1. The summed E-state index contributed by atoms with van der Waals surface area (Å²) in [5.41, 5.74) is 0.592. The smallest absolute Gasteiger partial charge is 0.346 e. The van der Waals surface area contributed by atoms with Gasteiger partial charge < -0.3 is 15.0 Å². The van der Waals surface area contributed by atoms with Crippen LogP contribution in [0.5, 0.6) is 5.75 Å². The van der Waals surface area contributed by atoms with E-state index in [1.165, 1.54) is 14.0 Å². The van der Waals surface area contributed by atoms with Gasteiger partial charge in [0.1, 0.15) is 10.8 Å². The Morgan fingerprint density at radius 1 is 1.40 bits per heavy atom. The molecule has 1 heterocycles. The molecule has 2 N–H and O–H groups in total. The normalized spacial score (nSPS) is 10.4. The lowest BCUT2D eigenvalue weighted by Gasteiger charge is -2.11. The molecule has 132 valence electrons. The molecule has 0 unspecified atom stereocenters. The predicted molar refractivity (Wildman–Crippen MR) is 97.0 cm³/mol. The first kappa shape index (κ1) is 19.0. The standard InChI is InChI=1S/C16H16ClN3O4S/c1-8-14(9(2)21)15(20-16(23)18-8)25-7-13(22)19-11-6-10(17)4-5-12(11)24-3/h4-6H,7H2,1-3H3,(H,19,22)(H,18,20,23). The molecule has 1 amide bonds. The van der Waals surface area contributed by atoms with Crippen LogP contribution in [0.15, 0.2) is 28.0 Å². The monoisotopic (exact) mass is 381 g/mol. The van der Waals surface area contributed by atoms with Gasteiger partial charge in [-0.25, -0.2) is 4.79 Å². The highest BCUT2D eigenvalue weighted by molar-refractivity contribution is 8.00. The number of amides is 1. The zero-order chi connectivity index (χ0) is 18.6. The Hall–Kier alpha value is -2.32. The summed E-state index contributed by atoms with van der Waals surface area (Å²) in [6.45, 7) is 2.99. The van der Waals surface area contributed by atoms with E-state index in [4.69, 9.17) is 16.3 Å². The summed E-state index contributed by atoms with van der Waals surface area (Å²) in [5.74, 6) is -0.149. The molecule has 25 heavy (non-hydrogen) atoms. The summed E-state index contributed by atoms with van der Waals surface area (Å²) in [7, 11) is 1.48. The van der Waals surface area contributed by atoms with Gasteiger partial charge in [0.15, 0.2) is 5.78 Å². The maximum Gasteiger partial charge on any atom is 0.346 e. The van der Waals surface area contributed by atoms with Crippen molar-refractivity contribution in [2.45, 2.75) is 18.9 Å². The highest BCUT2D eigenvalue weighted by Gasteiger charge is 2.16. The van der Waals surface area contributed by atoms with Gasteiger partial charge in [-0.1, -0.05) is 23.4 Å². The molecular weight excluding hydrogens is 366 g/mol. The molecule has 0 spiro atoms. The van der Waals surface area contributed by atoms with Crippen LogP contribution in [0.4, 0.5) is 5.69 Å². The van der Waals surface area contributed by atoms with Crippen molar-refractivity contribution in [1.82, 2.24) is 9.97 Å². The quantitative estimate of drug-likeness (QED) is 0.453. The van der Waals surface area contributed by atoms with Gasteiger partial charge in [0.25, 0.3) is 0 Å². The summed E-state index contributed by atoms with van der Waals surface area (Å²) in [4.78, 5) is 41.7. The predicted octanol–water partition coefficient (Wildman–Crippen LogP) is 2.67. The van der Waals surface area contributed by atoms with Crippen LogP contribution in [-0.2, 0) is 4.79 Å². The van der Waals surface area contributed by atoms with E-state index in [0.717, 1.165) is 11.8 Å². The second-order valence-electron chi connectivity index (χ2n) is 5.08. The van der Waals surface area contributed by atoms with E-state index >= 15 is 0 Å². The van der Waals surface area contributed by atoms with Crippen molar-refractivity contribution < 1.29 is 14.3 Å². The lowest BCUT2D eigenvalue weighted by atomic mass is 10.2. The Morgan fingerprint density at radius 2 is 2.12 bits per heavy atom. The van der Waals surface area contributed by atoms with Crippen LogP contribution in [0, 0.1) is 6.92 Å². The summed E-state index contributed by atoms with van der Waals surface area (Å²) in [5, 5.41) is 3.36. The number of carbonyl (C=O) groups excluding carboxylic acids is 2. The van der Waals surface area contributed by atoms with Gasteiger partial charge in [-0.2, -0.15) is 4.98 Å². The van der Waals surface area contributed by atoms with Crippen molar-refractivity contribution in [3.8, 4) is 5.75 Å². The maximum absolute atomic E-state index is 12.2. The third-order valence-electron chi connectivity index (χ3n) is 3.21. The van der Waals surface area contributed by atoms with Gasteiger partial charge in [0, 0.05) is 10.7 Å². The molecule has 0 atom stereocenters. The molecule has 0 fully saturated rings. The van der Waals surface area contributed by atoms with Crippen molar-refractivity contribution in [2.75, 3.05) is 18.2 Å². The number of benzene rings is 1. The van der Waals surface area contributed by atoms with E-state index in [1.54, 1.807) is 25.1 Å².